The maximum Gasteiger partial charge on any atom is 0.257 e. The second-order valence-electron chi connectivity index (χ2n) is 7.27. The third-order valence-electron chi connectivity index (χ3n) is 4.94. The monoisotopic (exact) mass is 481 g/mol. The molecule has 4 aromatic rings. The summed E-state index contributed by atoms with van der Waals surface area (Å²) in [5, 5.41) is 4.86. The standard InChI is InChI=1S/C24H20FN3O3S2/c1-28(15-17-5-3-2-4-6-17)33(30,31)21-13-9-19(10-14-21)23(29)27-24-26-22(16-32-24)18-7-11-20(25)12-8-18/h2-14,16H,15H2,1H3,(H,26,27,29). The molecule has 1 aromatic heterocycles. The topological polar surface area (TPSA) is 79.4 Å². The largest absolute Gasteiger partial charge is 0.298 e. The molecule has 0 fully saturated rings. The number of benzene rings is 3. The molecule has 0 spiro atoms. The van der Waals surface area contributed by atoms with E-state index in [4.69, 9.17) is 0 Å². The van der Waals surface area contributed by atoms with E-state index in [1.165, 1.54) is 59.1 Å². The van der Waals surface area contributed by atoms with Crippen molar-refractivity contribution >= 4 is 32.4 Å². The Balaban J connectivity index is 1.43. The van der Waals surface area contributed by atoms with Crippen LogP contribution in [0.2, 0.25) is 0 Å². The zero-order chi connectivity index (χ0) is 23.4. The number of anilines is 1. The smallest absolute Gasteiger partial charge is 0.257 e. The predicted molar refractivity (Wildman–Crippen MR) is 127 cm³/mol. The van der Waals surface area contributed by atoms with E-state index in [2.05, 4.69) is 10.3 Å². The first-order chi connectivity index (χ1) is 15.8. The third-order valence-corrected chi connectivity index (χ3v) is 7.51. The molecule has 0 saturated heterocycles. The van der Waals surface area contributed by atoms with Gasteiger partial charge in [-0.15, -0.1) is 11.3 Å². The van der Waals surface area contributed by atoms with Crippen molar-refractivity contribution < 1.29 is 17.6 Å². The molecule has 9 heteroatoms. The first-order valence-corrected chi connectivity index (χ1v) is 12.3. The molecule has 0 radical (unpaired) electrons. The van der Waals surface area contributed by atoms with Crippen molar-refractivity contribution in [2.75, 3.05) is 12.4 Å². The molecule has 0 aliphatic rings. The van der Waals surface area contributed by atoms with E-state index in [1.54, 1.807) is 17.5 Å². The number of hydrogen-bond acceptors (Lipinski definition) is 5. The number of nitrogens with one attached hydrogen (secondary N) is 1. The van der Waals surface area contributed by atoms with Crippen molar-refractivity contribution in [1.82, 2.24) is 9.29 Å². The Kier molecular flexibility index (Phi) is 6.64. The number of carbonyl (C=O) groups excluding carboxylic acids is 1. The fraction of sp³-hybridized carbons (Fsp3) is 0.0833. The van der Waals surface area contributed by atoms with Gasteiger partial charge in [-0.25, -0.2) is 17.8 Å². The van der Waals surface area contributed by atoms with Gasteiger partial charge in [-0.2, -0.15) is 4.31 Å². The maximum absolute atomic E-state index is 13.1. The van der Waals surface area contributed by atoms with Crippen LogP contribution in [0.15, 0.2) is 89.1 Å². The normalized spacial score (nSPS) is 11.5. The fourth-order valence-corrected chi connectivity index (χ4v) is 5.01. The van der Waals surface area contributed by atoms with Crippen molar-refractivity contribution in [3.05, 3.63) is 101 Å². The Morgan fingerprint density at radius 3 is 2.33 bits per heavy atom. The average Bonchev–Trinajstić information content (AvgIpc) is 3.28. The van der Waals surface area contributed by atoms with E-state index >= 15 is 0 Å². The number of carbonyl (C=O) groups is 1. The summed E-state index contributed by atoms with van der Waals surface area (Å²) in [6.07, 6.45) is 0. The molecule has 1 amide bonds. The molecule has 1 heterocycles. The molecule has 0 bridgehead atoms. The van der Waals surface area contributed by atoms with E-state index in [0.29, 0.717) is 16.4 Å². The highest BCUT2D eigenvalue weighted by Crippen LogP contribution is 2.25. The molecule has 168 valence electrons. The van der Waals surface area contributed by atoms with Crippen molar-refractivity contribution in [2.24, 2.45) is 0 Å². The minimum Gasteiger partial charge on any atom is -0.298 e. The van der Waals surface area contributed by atoms with Crippen LogP contribution in [-0.2, 0) is 16.6 Å². The van der Waals surface area contributed by atoms with Crippen LogP contribution in [0.4, 0.5) is 9.52 Å². The van der Waals surface area contributed by atoms with Crippen molar-refractivity contribution in [1.29, 1.82) is 0 Å². The average molecular weight is 482 g/mol. The number of thiazole rings is 1. The number of hydrogen-bond donors (Lipinski definition) is 1. The minimum atomic E-state index is -3.70. The molecule has 33 heavy (non-hydrogen) atoms. The number of nitrogens with zero attached hydrogens (tertiary/aromatic N) is 2. The zero-order valence-electron chi connectivity index (χ0n) is 17.6. The van der Waals surface area contributed by atoms with Crippen LogP contribution in [0, 0.1) is 5.82 Å². The van der Waals surface area contributed by atoms with Gasteiger partial charge >= 0.3 is 0 Å². The summed E-state index contributed by atoms with van der Waals surface area (Å²) in [6, 6.07) is 21.0. The summed E-state index contributed by atoms with van der Waals surface area (Å²) >= 11 is 1.24. The van der Waals surface area contributed by atoms with E-state index in [9.17, 15) is 17.6 Å². The lowest BCUT2D eigenvalue weighted by Crippen LogP contribution is -2.26. The molecular formula is C24H20FN3O3S2. The second kappa shape index (κ2) is 9.62. The van der Waals surface area contributed by atoms with Gasteiger partial charge in [-0.05, 0) is 54.1 Å². The highest BCUT2D eigenvalue weighted by molar-refractivity contribution is 7.89. The van der Waals surface area contributed by atoms with Gasteiger partial charge in [0.25, 0.3) is 5.91 Å². The second-order valence-corrected chi connectivity index (χ2v) is 10.2. The third kappa shape index (κ3) is 5.33. The van der Waals surface area contributed by atoms with Gasteiger partial charge in [-0.3, -0.25) is 10.1 Å². The van der Waals surface area contributed by atoms with E-state index < -0.39 is 15.9 Å². The molecule has 4 rings (SSSR count). The van der Waals surface area contributed by atoms with Crippen LogP contribution in [0.1, 0.15) is 15.9 Å². The number of amides is 1. The van der Waals surface area contributed by atoms with Gasteiger partial charge in [0.1, 0.15) is 5.82 Å². The first-order valence-electron chi connectivity index (χ1n) is 9.96. The van der Waals surface area contributed by atoms with Crippen LogP contribution in [0.5, 0.6) is 0 Å². The molecule has 0 saturated carbocycles. The highest BCUT2D eigenvalue weighted by Gasteiger charge is 2.21. The van der Waals surface area contributed by atoms with E-state index in [-0.39, 0.29) is 17.3 Å². The zero-order valence-corrected chi connectivity index (χ0v) is 19.2. The van der Waals surface area contributed by atoms with Gasteiger partial charge in [0, 0.05) is 30.1 Å². The molecule has 1 N–H and O–H groups in total. The van der Waals surface area contributed by atoms with E-state index in [0.717, 1.165) is 11.1 Å². The summed E-state index contributed by atoms with van der Waals surface area (Å²) in [4.78, 5) is 17.0. The van der Waals surface area contributed by atoms with Gasteiger partial charge in [0.2, 0.25) is 10.0 Å². The summed E-state index contributed by atoms with van der Waals surface area (Å²) < 4.78 is 40.1. The Morgan fingerprint density at radius 1 is 1.00 bits per heavy atom. The number of sulfonamides is 1. The fourth-order valence-electron chi connectivity index (χ4n) is 3.14. The van der Waals surface area contributed by atoms with Crippen LogP contribution >= 0.6 is 11.3 Å². The molecule has 3 aromatic carbocycles. The van der Waals surface area contributed by atoms with Crippen molar-refractivity contribution in [3.63, 3.8) is 0 Å². The number of aromatic nitrogens is 1. The van der Waals surface area contributed by atoms with Crippen molar-refractivity contribution in [2.45, 2.75) is 11.4 Å². The molecule has 0 atom stereocenters. The Labute approximate surface area is 195 Å². The molecule has 0 unspecified atom stereocenters. The molecular weight excluding hydrogens is 461 g/mol. The number of rotatable bonds is 7. The quantitative estimate of drug-likeness (QED) is 0.402. The summed E-state index contributed by atoms with van der Waals surface area (Å²) in [5.41, 5.74) is 2.54. The summed E-state index contributed by atoms with van der Waals surface area (Å²) in [6.45, 7) is 0.242. The molecule has 0 aliphatic heterocycles. The van der Waals surface area contributed by atoms with Crippen LogP contribution in [-0.4, -0.2) is 30.7 Å². The van der Waals surface area contributed by atoms with Crippen LogP contribution in [0.3, 0.4) is 0 Å². The predicted octanol–water partition coefficient (Wildman–Crippen LogP) is 5.02. The first kappa shape index (κ1) is 22.8. The molecule has 0 aliphatic carbocycles. The maximum atomic E-state index is 13.1. The summed E-state index contributed by atoms with van der Waals surface area (Å²) in [7, 11) is -2.19. The summed E-state index contributed by atoms with van der Waals surface area (Å²) in [5.74, 6) is -0.740. The lowest BCUT2D eigenvalue weighted by molar-refractivity contribution is 0.102. The van der Waals surface area contributed by atoms with Gasteiger partial charge in [-0.1, -0.05) is 30.3 Å². The van der Waals surface area contributed by atoms with E-state index in [1.807, 2.05) is 30.3 Å². The Hall–Kier alpha value is -3.40. The Bertz CT molecular complexity index is 1350. The van der Waals surface area contributed by atoms with Crippen molar-refractivity contribution in [3.8, 4) is 11.3 Å². The SMILES string of the molecule is CN(Cc1ccccc1)S(=O)(=O)c1ccc(C(=O)Nc2nc(-c3ccc(F)cc3)cs2)cc1. The highest BCUT2D eigenvalue weighted by atomic mass is 32.2. The lowest BCUT2D eigenvalue weighted by Gasteiger charge is -2.17. The van der Waals surface area contributed by atoms with Crippen LogP contribution < -0.4 is 5.32 Å². The lowest BCUT2D eigenvalue weighted by atomic mass is 10.2. The van der Waals surface area contributed by atoms with Gasteiger partial charge in [0.05, 0.1) is 10.6 Å². The minimum absolute atomic E-state index is 0.102. The molecule has 6 nitrogen and oxygen atoms in total. The Morgan fingerprint density at radius 2 is 1.67 bits per heavy atom. The number of halogens is 1. The van der Waals surface area contributed by atoms with Crippen LogP contribution in [0.25, 0.3) is 11.3 Å². The van der Waals surface area contributed by atoms with Gasteiger partial charge < -0.3 is 0 Å². The van der Waals surface area contributed by atoms with Gasteiger partial charge in [0.15, 0.2) is 5.13 Å².